The van der Waals surface area contributed by atoms with E-state index in [1.807, 2.05) is 0 Å². The van der Waals surface area contributed by atoms with Crippen LogP contribution in [0.1, 0.15) is 24.0 Å². The van der Waals surface area contributed by atoms with Crippen LogP contribution in [0.15, 0.2) is 54.6 Å². The normalized spacial score (nSPS) is 15.8. The average molecular weight is 570 g/mol. The monoisotopic (exact) mass is 569 g/mol. The lowest BCUT2D eigenvalue weighted by Gasteiger charge is -2.38. The number of likely N-dealkylation sites (N-methyl/N-ethyl adjacent to an activating group) is 1. The minimum Gasteiger partial charge on any atom is -0.482 e. The van der Waals surface area contributed by atoms with E-state index in [1.54, 1.807) is 6.07 Å². The molecule has 200 valence electrons. The second kappa shape index (κ2) is 10.0. The summed E-state index contributed by atoms with van der Waals surface area (Å²) >= 11 is 12.4. The first kappa shape index (κ1) is 27.6. The second-order valence-corrected chi connectivity index (χ2v) is 9.47. The van der Waals surface area contributed by atoms with Gasteiger partial charge in [-0.05, 0) is 52.6 Å². The van der Waals surface area contributed by atoms with Gasteiger partial charge in [0.1, 0.15) is 5.75 Å². The highest BCUT2D eigenvalue weighted by Crippen LogP contribution is 2.51. The van der Waals surface area contributed by atoms with E-state index in [0.29, 0.717) is 11.1 Å². The largest absolute Gasteiger partial charge is 0.511 e. The van der Waals surface area contributed by atoms with Crippen molar-refractivity contribution >= 4 is 41.0 Å². The third-order valence-electron chi connectivity index (χ3n) is 6.47. The number of rotatable bonds is 5. The van der Waals surface area contributed by atoms with E-state index in [2.05, 4.69) is 4.74 Å². The minimum absolute atomic E-state index is 0.00427. The first-order valence-corrected chi connectivity index (χ1v) is 11.8. The molecular weight excluding hydrogens is 550 g/mol. The van der Waals surface area contributed by atoms with Gasteiger partial charge in [-0.1, -0.05) is 54.4 Å². The lowest BCUT2D eigenvalue weighted by molar-refractivity contribution is -0.274. The highest BCUT2D eigenvalue weighted by atomic mass is 35.5. The number of hydrogen-bond acceptors (Lipinski definition) is 5. The van der Waals surface area contributed by atoms with Crippen LogP contribution in [0.25, 0.3) is 11.1 Å². The van der Waals surface area contributed by atoms with Crippen molar-refractivity contribution in [3.05, 3.63) is 75.8 Å². The number of carbonyl (C=O) groups is 2. The number of benzene rings is 3. The van der Waals surface area contributed by atoms with Gasteiger partial charge in [-0.2, -0.15) is 13.2 Å². The van der Waals surface area contributed by atoms with Crippen molar-refractivity contribution in [3.63, 3.8) is 0 Å². The number of aliphatic hydroxyl groups is 1. The first-order valence-electron chi connectivity index (χ1n) is 11.1. The van der Waals surface area contributed by atoms with Crippen molar-refractivity contribution in [1.29, 1.82) is 0 Å². The van der Waals surface area contributed by atoms with Gasteiger partial charge in [0.05, 0.1) is 10.7 Å². The zero-order valence-electron chi connectivity index (χ0n) is 19.8. The number of fused-ring (bicyclic) bond motifs is 1. The van der Waals surface area contributed by atoms with E-state index >= 15 is 0 Å². The van der Waals surface area contributed by atoms with Crippen LogP contribution in [0.2, 0.25) is 10.0 Å². The summed E-state index contributed by atoms with van der Waals surface area (Å²) in [5, 5.41) is 20.1. The summed E-state index contributed by atoms with van der Waals surface area (Å²) in [7, 11) is 1.41. The fourth-order valence-electron chi connectivity index (χ4n) is 4.31. The van der Waals surface area contributed by atoms with Gasteiger partial charge in [0.25, 0.3) is 5.91 Å². The number of amides is 1. The zero-order chi connectivity index (χ0) is 28.0. The predicted octanol–water partition coefficient (Wildman–Crippen LogP) is 6.63. The Morgan fingerprint density at radius 2 is 1.71 bits per heavy atom. The van der Waals surface area contributed by atoms with Gasteiger partial charge in [-0.3, -0.25) is 4.79 Å². The van der Waals surface area contributed by atoms with E-state index < -0.39 is 35.3 Å². The Labute approximate surface area is 224 Å². The maximum atomic E-state index is 14.5. The third kappa shape index (κ3) is 4.87. The van der Waals surface area contributed by atoms with Gasteiger partial charge in [0.15, 0.2) is 18.0 Å². The molecule has 1 heterocycles. The summed E-state index contributed by atoms with van der Waals surface area (Å²) in [4.78, 5) is 24.1. The third-order valence-corrected chi connectivity index (χ3v) is 7.11. The Hall–Kier alpha value is -3.47. The van der Waals surface area contributed by atoms with Crippen molar-refractivity contribution in [1.82, 2.24) is 0 Å². The fraction of sp³-hybridized carbons (Fsp3) is 0.231. The van der Waals surface area contributed by atoms with Crippen LogP contribution in [-0.4, -0.2) is 42.1 Å². The number of carbonyl (C=O) groups excluding carboxylic acids is 1. The molecule has 38 heavy (non-hydrogen) atoms. The summed E-state index contributed by atoms with van der Waals surface area (Å²) in [5.41, 5.74) is -2.88. The topological polar surface area (TPSA) is 96.3 Å². The number of hydrogen-bond donors (Lipinski definition) is 2. The van der Waals surface area contributed by atoms with Gasteiger partial charge in [-0.25, -0.2) is 4.79 Å². The van der Waals surface area contributed by atoms with Crippen LogP contribution in [0.4, 0.5) is 23.7 Å². The molecule has 0 fully saturated rings. The molecule has 0 saturated carbocycles. The van der Waals surface area contributed by atoms with Crippen LogP contribution in [0, 0.1) is 0 Å². The molecule has 2 unspecified atom stereocenters. The zero-order valence-corrected chi connectivity index (χ0v) is 21.4. The van der Waals surface area contributed by atoms with E-state index in [1.165, 1.54) is 55.3 Å². The standard InChI is InChI=1S/C26H20Cl2F3NO6/c1-13(17-6-3-14(9-19(17)28)15-4-7-18(27)22(10-15)38-24(34)35)25(36,26(29,30)31)16-5-8-21-20(11-16)32(2)23(33)12-37-21/h3-11,13,36H,12H2,1-2H3,(H,34,35). The fourth-order valence-corrected chi connectivity index (χ4v) is 4.81. The molecule has 2 N–H and O–H groups in total. The molecule has 0 radical (unpaired) electrons. The highest BCUT2D eigenvalue weighted by molar-refractivity contribution is 6.32. The van der Waals surface area contributed by atoms with Crippen molar-refractivity contribution < 1.29 is 42.4 Å². The molecule has 1 aliphatic rings. The van der Waals surface area contributed by atoms with Gasteiger partial charge in [0, 0.05) is 18.0 Å². The number of nitrogens with zero attached hydrogens (tertiary/aromatic N) is 1. The number of halogens is 5. The van der Waals surface area contributed by atoms with Gasteiger partial charge < -0.3 is 24.6 Å². The summed E-state index contributed by atoms with van der Waals surface area (Å²) in [5.74, 6) is -1.94. The molecule has 7 nitrogen and oxygen atoms in total. The molecule has 3 aromatic rings. The molecule has 1 aliphatic heterocycles. The number of carboxylic acid groups (broad SMARTS) is 1. The Morgan fingerprint density at radius 1 is 1.05 bits per heavy atom. The Bertz CT molecular complexity index is 1430. The molecule has 2 atom stereocenters. The quantitative estimate of drug-likeness (QED) is 0.264. The predicted molar refractivity (Wildman–Crippen MR) is 134 cm³/mol. The van der Waals surface area contributed by atoms with Gasteiger partial charge in [0.2, 0.25) is 0 Å². The lowest BCUT2D eigenvalue weighted by atomic mass is 9.77. The SMILES string of the molecule is CC(c1ccc(-c2ccc(Cl)c(OC(=O)O)c2)cc1Cl)C(O)(c1ccc2c(c1)N(C)C(=O)CO2)C(F)(F)F. The summed E-state index contributed by atoms with van der Waals surface area (Å²) in [6, 6.07) is 12.0. The smallest absolute Gasteiger partial charge is 0.482 e. The number of ether oxygens (including phenoxy) is 2. The maximum Gasteiger partial charge on any atom is 0.511 e. The minimum atomic E-state index is -5.12. The first-order chi connectivity index (χ1) is 17.7. The molecule has 0 aliphatic carbocycles. The van der Waals surface area contributed by atoms with Crippen molar-refractivity contribution in [3.8, 4) is 22.6 Å². The average Bonchev–Trinajstić information content (AvgIpc) is 2.85. The molecule has 0 spiro atoms. The van der Waals surface area contributed by atoms with Crippen molar-refractivity contribution in [2.45, 2.75) is 24.6 Å². The Balaban J connectivity index is 1.75. The van der Waals surface area contributed by atoms with E-state index in [0.717, 1.165) is 12.1 Å². The van der Waals surface area contributed by atoms with Crippen LogP contribution in [-0.2, 0) is 10.4 Å². The maximum absolute atomic E-state index is 14.5. The number of anilines is 1. The van der Waals surface area contributed by atoms with E-state index in [4.69, 9.17) is 33.0 Å². The van der Waals surface area contributed by atoms with E-state index in [9.17, 15) is 27.9 Å². The molecule has 4 rings (SSSR count). The van der Waals surface area contributed by atoms with Crippen LogP contribution in [0.5, 0.6) is 11.5 Å². The summed E-state index contributed by atoms with van der Waals surface area (Å²) in [6.45, 7) is 0.947. The molecule has 1 amide bonds. The summed E-state index contributed by atoms with van der Waals surface area (Å²) < 4.78 is 53.5. The Kier molecular flexibility index (Phi) is 7.26. The van der Waals surface area contributed by atoms with Crippen molar-refractivity contribution in [2.24, 2.45) is 0 Å². The molecule has 12 heteroatoms. The van der Waals surface area contributed by atoms with Gasteiger partial charge >= 0.3 is 12.3 Å². The van der Waals surface area contributed by atoms with Crippen molar-refractivity contribution in [2.75, 3.05) is 18.6 Å². The highest BCUT2D eigenvalue weighted by Gasteiger charge is 2.59. The number of alkyl halides is 3. The molecular formula is C26H20Cl2F3NO6. The molecule has 0 bridgehead atoms. The van der Waals surface area contributed by atoms with Crippen LogP contribution in [0.3, 0.4) is 0 Å². The second-order valence-electron chi connectivity index (χ2n) is 8.66. The molecule has 0 saturated heterocycles. The van der Waals surface area contributed by atoms with E-state index in [-0.39, 0.29) is 39.4 Å². The lowest BCUT2D eigenvalue weighted by Crippen LogP contribution is -2.47. The van der Waals surface area contributed by atoms with Gasteiger partial charge in [-0.15, -0.1) is 0 Å². The Morgan fingerprint density at radius 3 is 2.34 bits per heavy atom. The molecule has 3 aromatic carbocycles. The van der Waals surface area contributed by atoms with Crippen LogP contribution >= 0.6 is 23.2 Å². The molecule has 0 aromatic heterocycles. The van der Waals surface area contributed by atoms with Crippen LogP contribution < -0.4 is 14.4 Å². The summed E-state index contributed by atoms with van der Waals surface area (Å²) in [6.07, 6.45) is -6.69.